The van der Waals surface area contributed by atoms with Crippen molar-refractivity contribution < 1.29 is 22.7 Å². The van der Waals surface area contributed by atoms with Gasteiger partial charge in [0.05, 0.1) is 5.25 Å². The predicted octanol–water partition coefficient (Wildman–Crippen LogP) is 4.80. The molecule has 1 aromatic heterocycles. The number of rotatable bonds is 6. The fourth-order valence-electron chi connectivity index (χ4n) is 3.34. The lowest BCUT2D eigenvalue weighted by molar-refractivity contribution is -0.117. The number of para-hydroxylation sites is 1. The van der Waals surface area contributed by atoms with Crippen molar-refractivity contribution in [2.24, 2.45) is 0 Å². The summed E-state index contributed by atoms with van der Waals surface area (Å²) in [7, 11) is 0. The van der Waals surface area contributed by atoms with Gasteiger partial charge in [-0.15, -0.1) is 10.2 Å². The maximum Gasteiger partial charge on any atom is 0.387 e. The molecule has 0 bridgehead atoms. The molecule has 1 atom stereocenters. The maximum absolute atomic E-state index is 13.0. The minimum atomic E-state index is -2.88. The minimum Gasteiger partial charge on any atom is -0.435 e. The van der Waals surface area contributed by atoms with Crippen LogP contribution in [0.15, 0.2) is 58.2 Å². The zero-order valence-corrected chi connectivity index (χ0v) is 16.9. The fourth-order valence-corrected chi connectivity index (χ4v) is 4.08. The molecule has 9 heteroatoms. The topological polar surface area (TPSA) is 68.5 Å². The highest BCUT2D eigenvalue weighted by molar-refractivity contribution is 8.00. The maximum atomic E-state index is 13.0. The van der Waals surface area contributed by atoms with Crippen LogP contribution in [0.1, 0.15) is 18.9 Å². The van der Waals surface area contributed by atoms with Gasteiger partial charge in [-0.25, -0.2) is 0 Å². The van der Waals surface area contributed by atoms with Crippen LogP contribution in [0.4, 0.5) is 14.5 Å². The molecule has 3 aromatic rings. The molecule has 0 aliphatic carbocycles. The summed E-state index contributed by atoms with van der Waals surface area (Å²) in [6, 6.07) is 13.8. The molecule has 0 saturated carbocycles. The van der Waals surface area contributed by atoms with Crippen LogP contribution in [-0.4, -0.2) is 34.5 Å². The van der Waals surface area contributed by atoms with E-state index in [0.717, 1.165) is 18.5 Å². The normalized spacial score (nSPS) is 14.5. The Hall–Kier alpha value is -2.94. The molecule has 1 aliphatic heterocycles. The van der Waals surface area contributed by atoms with Gasteiger partial charge in [0.2, 0.25) is 11.8 Å². The summed E-state index contributed by atoms with van der Waals surface area (Å²) in [6.07, 6.45) is 1.89. The summed E-state index contributed by atoms with van der Waals surface area (Å²) in [5.41, 5.74) is 2.70. The number of aromatic nitrogens is 2. The van der Waals surface area contributed by atoms with E-state index < -0.39 is 11.9 Å². The first-order valence-corrected chi connectivity index (χ1v) is 10.3. The number of ether oxygens (including phenoxy) is 1. The number of hydrogen-bond donors (Lipinski definition) is 0. The lowest BCUT2D eigenvalue weighted by Crippen LogP contribution is -2.40. The third-order valence-corrected chi connectivity index (χ3v) is 5.66. The van der Waals surface area contributed by atoms with Gasteiger partial charge < -0.3 is 14.1 Å². The first-order valence-electron chi connectivity index (χ1n) is 9.46. The van der Waals surface area contributed by atoms with Crippen molar-refractivity contribution in [3.63, 3.8) is 0 Å². The Morgan fingerprint density at radius 1 is 1.17 bits per heavy atom. The van der Waals surface area contributed by atoms with E-state index in [1.807, 2.05) is 30.0 Å². The molecule has 0 spiro atoms. The summed E-state index contributed by atoms with van der Waals surface area (Å²) in [5, 5.41) is 7.84. The van der Waals surface area contributed by atoms with Crippen molar-refractivity contribution in [1.29, 1.82) is 0 Å². The average molecular weight is 431 g/mol. The minimum absolute atomic E-state index is 0.0135. The largest absolute Gasteiger partial charge is 0.435 e. The average Bonchev–Trinajstić information content (AvgIpc) is 3.21. The van der Waals surface area contributed by atoms with Crippen LogP contribution >= 0.6 is 11.8 Å². The summed E-state index contributed by atoms with van der Waals surface area (Å²) >= 11 is 1.19. The highest BCUT2D eigenvalue weighted by atomic mass is 32.2. The number of benzene rings is 2. The molecule has 1 aliphatic rings. The van der Waals surface area contributed by atoms with E-state index in [1.54, 1.807) is 12.1 Å². The van der Waals surface area contributed by atoms with Crippen molar-refractivity contribution >= 4 is 23.4 Å². The highest BCUT2D eigenvalue weighted by Crippen LogP contribution is 2.32. The van der Waals surface area contributed by atoms with Crippen LogP contribution in [-0.2, 0) is 11.2 Å². The van der Waals surface area contributed by atoms with Gasteiger partial charge in [-0.05, 0) is 55.7 Å². The quantitative estimate of drug-likeness (QED) is 0.523. The van der Waals surface area contributed by atoms with Crippen LogP contribution in [0.3, 0.4) is 0 Å². The van der Waals surface area contributed by atoms with Crippen molar-refractivity contribution in [3.05, 3.63) is 54.1 Å². The Kier molecular flexibility index (Phi) is 5.98. The lowest BCUT2D eigenvalue weighted by Gasteiger charge is -2.31. The fraction of sp³-hybridized carbons (Fsp3) is 0.286. The Morgan fingerprint density at radius 2 is 1.93 bits per heavy atom. The number of aryl methyl sites for hydroxylation is 1. The van der Waals surface area contributed by atoms with Gasteiger partial charge in [0.25, 0.3) is 5.22 Å². The third-order valence-electron chi connectivity index (χ3n) is 4.73. The van der Waals surface area contributed by atoms with Gasteiger partial charge in [0.15, 0.2) is 0 Å². The Labute approximate surface area is 176 Å². The van der Waals surface area contributed by atoms with E-state index in [9.17, 15) is 13.6 Å². The van der Waals surface area contributed by atoms with Crippen molar-refractivity contribution in [2.75, 3.05) is 11.4 Å². The second-order valence-electron chi connectivity index (χ2n) is 6.76. The van der Waals surface area contributed by atoms with Crippen LogP contribution < -0.4 is 9.64 Å². The van der Waals surface area contributed by atoms with Crippen LogP contribution in [0, 0.1) is 0 Å². The molecule has 1 amide bonds. The summed E-state index contributed by atoms with van der Waals surface area (Å²) in [6.45, 7) is -0.388. The SMILES string of the molecule is CC(Sc1nnc(-c2ccc(OC(F)F)cc2)o1)C(=O)N1CCCc2ccccc21. The molecule has 0 fully saturated rings. The van der Waals surface area contributed by atoms with Gasteiger partial charge in [-0.1, -0.05) is 30.0 Å². The van der Waals surface area contributed by atoms with Gasteiger partial charge >= 0.3 is 6.61 Å². The zero-order valence-electron chi connectivity index (χ0n) is 16.1. The number of fused-ring (bicyclic) bond motifs is 1. The molecule has 0 saturated heterocycles. The summed E-state index contributed by atoms with van der Waals surface area (Å²) in [4.78, 5) is 14.8. The second kappa shape index (κ2) is 8.83. The van der Waals surface area contributed by atoms with Crippen LogP contribution in [0.25, 0.3) is 11.5 Å². The molecule has 0 radical (unpaired) electrons. The van der Waals surface area contributed by atoms with Gasteiger partial charge in [-0.3, -0.25) is 4.79 Å². The lowest BCUT2D eigenvalue weighted by atomic mass is 10.0. The number of nitrogens with zero attached hydrogens (tertiary/aromatic N) is 3. The molecule has 4 rings (SSSR count). The number of thioether (sulfide) groups is 1. The molecular formula is C21H19F2N3O3S. The van der Waals surface area contributed by atoms with Gasteiger partial charge in [-0.2, -0.15) is 8.78 Å². The Bertz CT molecular complexity index is 1030. The number of amides is 1. The number of halogens is 2. The van der Waals surface area contributed by atoms with E-state index in [4.69, 9.17) is 4.42 Å². The van der Waals surface area contributed by atoms with E-state index in [0.29, 0.717) is 12.1 Å². The molecule has 2 aromatic carbocycles. The summed E-state index contributed by atoms with van der Waals surface area (Å²) < 4.78 is 34.5. The smallest absolute Gasteiger partial charge is 0.387 e. The second-order valence-corrected chi connectivity index (χ2v) is 8.05. The van der Waals surface area contributed by atoms with E-state index in [2.05, 4.69) is 21.0 Å². The molecule has 6 nitrogen and oxygen atoms in total. The standard InChI is InChI=1S/C21H19F2N3O3S/c1-13(19(27)26-12-4-6-14-5-2-3-7-17(14)26)30-21-25-24-18(29-21)15-8-10-16(11-9-15)28-20(22)23/h2-3,5,7-11,13,20H,4,6,12H2,1H3. The predicted molar refractivity (Wildman–Crippen MR) is 109 cm³/mol. The number of carbonyl (C=O) groups is 1. The van der Waals surface area contributed by atoms with E-state index >= 15 is 0 Å². The monoisotopic (exact) mass is 431 g/mol. The highest BCUT2D eigenvalue weighted by Gasteiger charge is 2.28. The first-order chi connectivity index (χ1) is 14.5. The van der Waals surface area contributed by atoms with Gasteiger partial charge in [0.1, 0.15) is 5.75 Å². The third kappa shape index (κ3) is 4.46. The molecule has 2 heterocycles. The van der Waals surface area contributed by atoms with E-state index in [-0.39, 0.29) is 22.8 Å². The summed E-state index contributed by atoms with van der Waals surface area (Å²) in [5.74, 6) is 0.272. The first kappa shape index (κ1) is 20.3. The van der Waals surface area contributed by atoms with Crippen LogP contribution in [0.5, 0.6) is 5.75 Å². The zero-order chi connectivity index (χ0) is 21.1. The molecule has 30 heavy (non-hydrogen) atoms. The molecule has 156 valence electrons. The number of carbonyl (C=O) groups excluding carboxylic acids is 1. The molecule has 0 N–H and O–H groups in total. The van der Waals surface area contributed by atoms with Crippen molar-refractivity contribution in [3.8, 4) is 17.2 Å². The number of anilines is 1. The Balaban J connectivity index is 1.43. The molecule has 1 unspecified atom stereocenters. The Morgan fingerprint density at radius 3 is 2.70 bits per heavy atom. The molecular weight excluding hydrogens is 412 g/mol. The van der Waals surface area contributed by atoms with Crippen molar-refractivity contribution in [1.82, 2.24) is 10.2 Å². The number of alkyl halides is 2. The van der Waals surface area contributed by atoms with E-state index in [1.165, 1.54) is 29.5 Å². The van der Waals surface area contributed by atoms with Crippen LogP contribution in [0.2, 0.25) is 0 Å². The number of hydrogen-bond acceptors (Lipinski definition) is 6. The van der Waals surface area contributed by atoms with Crippen molar-refractivity contribution in [2.45, 2.75) is 36.8 Å². The van der Waals surface area contributed by atoms with Gasteiger partial charge in [0, 0.05) is 17.8 Å².